The molecule has 17 rings (SSSR count). The van der Waals surface area contributed by atoms with E-state index in [1.807, 2.05) is 12.1 Å². The average Bonchev–Trinajstić information content (AvgIpc) is 1.49. The van der Waals surface area contributed by atoms with Crippen LogP contribution in [0.2, 0.25) is 0 Å². The molecular formula is C88H72B2N2O6. The molecule has 1 atom stereocenters. The largest absolute Gasteiger partial charge is 0.494 e. The van der Waals surface area contributed by atoms with Crippen LogP contribution in [0, 0.1) is 0 Å². The van der Waals surface area contributed by atoms with Gasteiger partial charge in [-0.2, -0.15) is 0 Å². The Bertz CT molecular complexity index is 5500. The molecule has 98 heavy (non-hydrogen) atoms. The highest BCUT2D eigenvalue weighted by Gasteiger charge is 2.55. The fourth-order valence-corrected chi connectivity index (χ4v) is 14.5. The van der Waals surface area contributed by atoms with Gasteiger partial charge in [0.05, 0.1) is 33.8 Å². The van der Waals surface area contributed by atoms with Crippen LogP contribution in [0.15, 0.2) is 306 Å². The molecule has 0 saturated carbocycles. The Hall–Kier alpha value is -10.7. The van der Waals surface area contributed by atoms with E-state index in [0.717, 1.165) is 150 Å². The highest BCUT2D eigenvalue weighted by molar-refractivity contribution is 6.63. The number of nitrogens with zero attached hydrogens (tertiary/aromatic N) is 2. The Morgan fingerprint density at radius 1 is 0.296 bits per heavy atom. The van der Waals surface area contributed by atoms with Crippen LogP contribution in [0.3, 0.4) is 0 Å². The molecular weight excluding hydrogens is 1200 g/mol. The fraction of sp³-hybridized carbons (Fsp3) is 0.136. The van der Waals surface area contributed by atoms with Gasteiger partial charge in [-0.15, -0.1) is 0 Å². The van der Waals surface area contributed by atoms with Crippen molar-refractivity contribution in [3.8, 4) is 44.5 Å². The van der Waals surface area contributed by atoms with Crippen molar-refractivity contribution in [3.63, 3.8) is 0 Å². The number of rotatable bonds is 14. The Balaban J connectivity index is 0.765. The third-order valence-electron chi connectivity index (χ3n) is 20.9. The van der Waals surface area contributed by atoms with Gasteiger partial charge < -0.3 is 37.3 Å². The maximum atomic E-state index is 7.52. The van der Waals surface area contributed by atoms with Gasteiger partial charge in [0.25, 0.3) is 0 Å². The lowest BCUT2D eigenvalue weighted by Gasteiger charge is -2.36. The molecule has 2 aliphatic rings. The maximum absolute atomic E-state index is 7.52. The van der Waals surface area contributed by atoms with Crippen molar-refractivity contribution >= 4 is 114 Å². The van der Waals surface area contributed by atoms with Crippen LogP contribution in [0.1, 0.15) is 54.0 Å². The minimum Gasteiger partial charge on any atom is -0.454 e. The number of hydrogen-bond acceptors (Lipinski definition) is 8. The van der Waals surface area contributed by atoms with Crippen LogP contribution in [-0.2, 0) is 25.0 Å². The van der Waals surface area contributed by atoms with E-state index in [4.69, 9.17) is 27.5 Å². The number of anilines is 6. The second-order valence-electron chi connectivity index (χ2n) is 27.9. The first-order valence-corrected chi connectivity index (χ1v) is 33.9. The number of para-hydroxylation sites is 3. The molecule has 2 saturated heterocycles. The molecule has 0 bridgehead atoms. The summed E-state index contributed by atoms with van der Waals surface area (Å²) in [5.41, 5.74) is 17.9. The van der Waals surface area contributed by atoms with Gasteiger partial charge >= 0.3 is 14.2 Å². The second kappa shape index (κ2) is 23.8. The molecule has 2 aliphatic heterocycles. The van der Waals surface area contributed by atoms with Crippen molar-refractivity contribution in [3.05, 3.63) is 303 Å². The number of fused-ring (bicyclic) bond motifs is 7. The second-order valence-corrected chi connectivity index (χ2v) is 27.9. The van der Waals surface area contributed by atoms with Crippen LogP contribution in [0.25, 0.3) is 99.2 Å². The summed E-state index contributed by atoms with van der Waals surface area (Å²) in [5.74, 6) is 0. The Labute approximate surface area is 572 Å². The van der Waals surface area contributed by atoms with Crippen molar-refractivity contribution in [1.82, 2.24) is 0 Å². The zero-order chi connectivity index (χ0) is 66.5. The predicted octanol–water partition coefficient (Wildman–Crippen LogP) is 22.1. The zero-order valence-electron chi connectivity index (χ0n) is 56.0. The fourth-order valence-electron chi connectivity index (χ4n) is 14.5. The Kier molecular flexibility index (Phi) is 14.8. The standard InChI is InChI=1S/C88H72B2N2O6/c1-85(2)86(3,4)96-89(95-85)67-51-65(61-28-15-10-16-29-61)53-71(55-67)91(69-45-41-62(42-46-69)59-24-11-8-12-25-59)80-38-23-36-77-78-50-58(40-49-82(78)94-84(77)80)57-88(7)87(5,6)97-90(98-88)68-52-66(74-34-21-31-64-30-17-18-32-73(64)74)54-72(56-68)92(70-47-43-63(44-48-70)60-26-13-9-14-27-60)79-37-22-35-76-75-33-19-20-39-81(75)93-83(76)79/h8-56H,57H2,1-7H3. The van der Waals surface area contributed by atoms with Crippen molar-refractivity contribution < 1.29 is 27.5 Å². The van der Waals surface area contributed by atoms with Crippen LogP contribution < -0.4 is 20.7 Å². The lowest BCUT2D eigenvalue weighted by Crippen LogP contribution is -2.46. The summed E-state index contributed by atoms with van der Waals surface area (Å²) in [7, 11) is -1.35. The van der Waals surface area contributed by atoms with E-state index in [0.29, 0.717) is 6.42 Å². The van der Waals surface area contributed by atoms with Crippen molar-refractivity contribution in [2.24, 2.45) is 0 Å². The first-order chi connectivity index (χ1) is 47.6. The molecule has 4 heterocycles. The van der Waals surface area contributed by atoms with Gasteiger partial charge in [-0.3, -0.25) is 0 Å². The lowest BCUT2D eigenvalue weighted by atomic mass is 9.77. The maximum Gasteiger partial charge on any atom is 0.494 e. The topological polar surface area (TPSA) is 69.7 Å². The molecule has 15 aromatic rings. The molecule has 0 aliphatic carbocycles. The Morgan fingerprint density at radius 3 is 1.31 bits per heavy atom. The van der Waals surface area contributed by atoms with Gasteiger partial charge in [-0.1, -0.05) is 218 Å². The highest BCUT2D eigenvalue weighted by atomic mass is 16.7. The third-order valence-corrected chi connectivity index (χ3v) is 20.9. The van der Waals surface area contributed by atoms with E-state index in [1.165, 1.54) is 0 Å². The molecule has 476 valence electrons. The average molecular weight is 1280 g/mol. The van der Waals surface area contributed by atoms with Gasteiger partial charge in [-0.05, 0) is 199 Å². The molecule has 13 aromatic carbocycles. The van der Waals surface area contributed by atoms with E-state index in [9.17, 15) is 0 Å². The van der Waals surface area contributed by atoms with E-state index < -0.39 is 36.6 Å². The monoisotopic (exact) mass is 1270 g/mol. The lowest BCUT2D eigenvalue weighted by molar-refractivity contribution is -0.00875. The first-order valence-electron chi connectivity index (χ1n) is 33.9. The summed E-state index contributed by atoms with van der Waals surface area (Å²) in [5, 5.41) is 6.42. The summed E-state index contributed by atoms with van der Waals surface area (Å²) >= 11 is 0. The molecule has 0 spiro atoms. The van der Waals surface area contributed by atoms with E-state index in [-0.39, 0.29) is 0 Å². The van der Waals surface area contributed by atoms with Crippen LogP contribution in [-0.4, -0.2) is 36.6 Å². The number of benzene rings is 13. The molecule has 0 amide bonds. The summed E-state index contributed by atoms with van der Waals surface area (Å²) in [6.07, 6.45) is 0.552. The van der Waals surface area contributed by atoms with Gasteiger partial charge in [-0.25, -0.2) is 0 Å². The molecule has 2 fully saturated rings. The minimum atomic E-state index is -0.806. The van der Waals surface area contributed by atoms with Crippen molar-refractivity contribution in [1.29, 1.82) is 0 Å². The van der Waals surface area contributed by atoms with E-state index in [2.05, 4.69) is 343 Å². The molecule has 10 heteroatoms. The molecule has 0 radical (unpaired) electrons. The van der Waals surface area contributed by atoms with Gasteiger partial charge in [0, 0.05) is 50.7 Å². The first kappa shape index (κ1) is 60.9. The zero-order valence-corrected chi connectivity index (χ0v) is 56.0. The number of hydrogen-bond donors (Lipinski definition) is 0. The summed E-state index contributed by atoms with van der Waals surface area (Å²) in [4.78, 5) is 4.64. The van der Waals surface area contributed by atoms with Crippen LogP contribution >= 0.6 is 0 Å². The van der Waals surface area contributed by atoms with Crippen LogP contribution in [0.4, 0.5) is 34.1 Å². The summed E-state index contributed by atoms with van der Waals surface area (Å²) in [6, 6.07) is 106. The van der Waals surface area contributed by atoms with Gasteiger partial charge in [0.1, 0.15) is 11.2 Å². The SMILES string of the molecule is CC1(C)OB(c2cc(-c3ccccc3)cc(N(c3ccc(-c4ccccc4)cc3)c3cccc4c3oc3ccc(CC5(C)OB(c6cc(-c7cccc8ccccc78)cc(N(c7ccc(-c8ccccc8)cc7)c7cccc8c7oc7ccccc78)c6)OC5(C)C)cc34)c2)OC1(C)C. The van der Waals surface area contributed by atoms with E-state index >= 15 is 0 Å². The van der Waals surface area contributed by atoms with Crippen molar-refractivity contribution in [2.75, 3.05) is 9.80 Å². The molecule has 0 N–H and O–H groups in total. The Morgan fingerprint density at radius 2 is 0.724 bits per heavy atom. The normalized spacial score (nSPS) is 16.4. The molecule has 8 nitrogen and oxygen atoms in total. The smallest absolute Gasteiger partial charge is 0.454 e. The van der Waals surface area contributed by atoms with Gasteiger partial charge in [0.15, 0.2) is 11.2 Å². The number of furan rings is 2. The summed E-state index contributed by atoms with van der Waals surface area (Å²) in [6.45, 7) is 14.9. The third kappa shape index (κ3) is 10.8. The molecule has 2 aromatic heterocycles. The van der Waals surface area contributed by atoms with Gasteiger partial charge in [0.2, 0.25) is 0 Å². The van der Waals surface area contributed by atoms with Crippen molar-refractivity contribution in [2.45, 2.75) is 77.3 Å². The quantitative estimate of drug-likeness (QED) is 0.0998. The summed E-state index contributed by atoms with van der Waals surface area (Å²) < 4.78 is 42.5. The highest BCUT2D eigenvalue weighted by Crippen LogP contribution is 2.48. The predicted molar refractivity (Wildman–Crippen MR) is 406 cm³/mol. The van der Waals surface area contributed by atoms with E-state index in [1.54, 1.807) is 0 Å². The minimum absolute atomic E-state index is 0.540. The van der Waals surface area contributed by atoms with Crippen LogP contribution in [0.5, 0.6) is 0 Å². The molecule has 1 unspecified atom stereocenters.